The molecular formula is C16H21N3O3. The van der Waals surface area contributed by atoms with Gasteiger partial charge in [0.15, 0.2) is 5.66 Å². The van der Waals surface area contributed by atoms with E-state index in [-0.39, 0.29) is 17.9 Å². The Balaban J connectivity index is 1.50. The van der Waals surface area contributed by atoms with Crippen LogP contribution in [0, 0.1) is 30.1 Å². The summed E-state index contributed by atoms with van der Waals surface area (Å²) in [5, 5.41) is 20.4. The summed E-state index contributed by atoms with van der Waals surface area (Å²) in [5.74, 6) is 1.81. The molecule has 0 saturated heterocycles. The van der Waals surface area contributed by atoms with Gasteiger partial charge in [0, 0.05) is 31.7 Å². The van der Waals surface area contributed by atoms with E-state index in [1.165, 1.54) is 0 Å². The number of nitrogens with one attached hydrogen (secondary N) is 1. The van der Waals surface area contributed by atoms with Gasteiger partial charge in [-0.2, -0.15) is 10.2 Å². The molecule has 6 heteroatoms. The lowest BCUT2D eigenvalue weighted by Crippen LogP contribution is -2.46. The van der Waals surface area contributed by atoms with Crippen LogP contribution in [0.1, 0.15) is 44.9 Å². The first kappa shape index (κ1) is 15.0. The molecule has 2 bridgehead atoms. The Hall–Kier alpha value is -1.90. The quantitative estimate of drug-likeness (QED) is 0.704. The highest BCUT2D eigenvalue weighted by Gasteiger charge is 2.51. The summed E-state index contributed by atoms with van der Waals surface area (Å²) in [7, 11) is 0. The van der Waals surface area contributed by atoms with E-state index in [1.54, 1.807) is 0 Å². The number of carboxylic acid groups (broad SMARTS) is 1. The average Bonchev–Trinajstić information content (AvgIpc) is 2.96. The third-order valence-corrected chi connectivity index (χ3v) is 5.33. The van der Waals surface area contributed by atoms with Crippen molar-refractivity contribution in [1.29, 1.82) is 0 Å². The van der Waals surface area contributed by atoms with Gasteiger partial charge in [0.05, 0.1) is 5.92 Å². The summed E-state index contributed by atoms with van der Waals surface area (Å²) < 4.78 is 0. The zero-order valence-corrected chi connectivity index (χ0v) is 12.5. The molecule has 2 aliphatic carbocycles. The maximum Gasteiger partial charge on any atom is 0.308 e. The Labute approximate surface area is 129 Å². The number of fused-ring (bicyclic) bond motifs is 2. The van der Waals surface area contributed by atoms with Crippen LogP contribution >= 0.6 is 0 Å². The molecule has 1 aliphatic heterocycles. The van der Waals surface area contributed by atoms with E-state index in [9.17, 15) is 14.7 Å². The molecule has 2 saturated carbocycles. The van der Waals surface area contributed by atoms with Gasteiger partial charge in [-0.15, -0.1) is 12.3 Å². The minimum atomic E-state index is -0.782. The predicted octanol–water partition coefficient (Wildman–Crippen LogP) is 1.96. The molecule has 1 heterocycles. The topological polar surface area (TPSA) is 91.1 Å². The second-order valence-electron chi connectivity index (χ2n) is 6.68. The number of nitrogens with zero attached hydrogens (tertiary/aromatic N) is 2. The van der Waals surface area contributed by atoms with Crippen molar-refractivity contribution in [2.45, 2.75) is 56.7 Å². The number of hydrogen-bond acceptors (Lipinski definition) is 4. The molecule has 0 aromatic heterocycles. The lowest BCUT2D eigenvalue weighted by molar-refractivity contribution is -0.144. The maximum absolute atomic E-state index is 12.2. The van der Waals surface area contributed by atoms with Crippen molar-refractivity contribution in [1.82, 2.24) is 5.32 Å². The molecule has 118 valence electrons. The van der Waals surface area contributed by atoms with Crippen molar-refractivity contribution >= 4 is 11.9 Å². The Morgan fingerprint density at radius 2 is 2.00 bits per heavy atom. The van der Waals surface area contributed by atoms with E-state index in [1.807, 2.05) is 0 Å². The van der Waals surface area contributed by atoms with Gasteiger partial charge in [-0.1, -0.05) is 0 Å². The number of aliphatic carboxylic acids is 1. The van der Waals surface area contributed by atoms with E-state index >= 15 is 0 Å². The summed E-state index contributed by atoms with van der Waals surface area (Å²) in [6.45, 7) is 0. The zero-order chi connectivity index (χ0) is 15.7. The van der Waals surface area contributed by atoms with Crippen molar-refractivity contribution < 1.29 is 14.7 Å². The second kappa shape index (κ2) is 5.71. The van der Waals surface area contributed by atoms with Gasteiger partial charge in [0.1, 0.15) is 0 Å². The first-order chi connectivity index (χ1) is 10.5. The largest absolute Gasteiger partial charge is 0.481 e. The van der Waals surface area contributed by atoms with Gasteiger partial charge >= 0.3 is 5.97 Å². The summed E-state index contributed by atoms with van der Waals surface area (Å²) in [4.78, 5) is 23.6. The SMILES string of the molecule is C#CCCC1(CCC(=O)N[C@@H]2[C@H]3CC[C@H](C3)[C@@H]2C(=O)O)N=N1. The van der Waals surface area contributed by atoms with E-state index in [0.29, 0.717) is 31.6 Å². The highest BCUT2D eigenvalue weighted by atomic mass is 16.4. The minimum absolute atomic E-state index is 0.0961. The van der Waals surface area contributed by atoms with E-state index in [4.69, 9.17) is 6.42 Å². The Morgan fingerprint density at radius 3 is 2.64 bits per heavy atom. The van der Waals surface area contributed by atoms with Crippen LogP contribution in [0.4, 0.5) is 0 Å². The van der Waals surface area contributed by atoms with Gasteiger partial charge in [-0.05, 0) is 31.1 Å². The molecule has 4 atom stereocenters. The fourth-order valence-electron chi connectivity index (χ4n) is 4.09. The lowest BCUT2D eigenvalue weighted by atomic mass is 9.84. The molecule has 1 amide bonds. The minimum Gasteiger partial charge on any atom is -0.481 e. The highest BCUT2D eigenvalue weighted by molar-refractivity contribution is 5.79. The van der Waals surface area contributed by atoms with Crippen molar-refractivity contribution in [2.75, 3.05) is 0 Å². The monoisotopic (exact) mass is 303 g/mol. The summed E-state index contributed by atoms with van der Waals surface area (Å²) >= 11 is 0. The second-order valence-corrected chi connectivity index (χ2v) is 6.68. The van der Waals surface area contributed by atoms with Crippen LogP contribution < -0.4 is 5.32 Å². The predicted molar refractivity (Wildman–Crippen MR) is 78.8 cm³/mol. The van der Waals surface area contributed by atoms with Gasteiger partial charge in [-0.3, -0.25) is 9.59 Å². The van der Waals surface area contributed by atoms with Gasteiger partial charge in [-0.25, -0.2) is 0 Å². The number of terminal acetylenes is 1. The average molecular weight is 303 g/mol. The van der Waals surface area contributed by atoms with Crippen LogP contribution in [0.3, 0.4) is 0 Å². The van der Waals surface area contributed by atoms with Crippen molar-refractivity contribution in [2.24, 2.45) is 28.0 Å². The van der Waals surface area contributed by atoms with Crippen LogP contribution in [0.5, 0.6) is 0 Å². The number of rotatable bonds is 7. The van der Waals surface area contributed by atoms with Crippen LogP contribution in [-0.4, -0.2) is 28.7 Å². The fraction of sp³-hybridized carbons (Fsp3) is 0.750. The first-order valence-corrected chi connectivity index (χ1v) is 7.94. The number of amides is 1. The summed E-state index contributed by atoms with van der Waals surface area (Å²) in [6.07, 6.45) is 10.3. The Kier molecular flexibility index (Phi) is 3.90. The fourth-order valence-corrected chi connectivity index (χ4v) is 4.09. The molecule has 6 nitrogen and oxygen atoms in total. The van der Waals surface area contributed by atoms with Gasteiger partial charge < -0.3 is 10.4 Å². The highest BCUT2D eigenvalue weighted by Crippen LogP contribution is 2.48. The summed E-state index contributed by atoms with van der Waals surface area (Å²) in [5.41, 5.74) is -0.454. The Morgan fingerprint density at radius 1 is 1.27 bits per heavy atom. The molecule has 2 N–H and O–H groups in total. The van der Waals surface area contributed by atoms with Gasteiger partial charge in [0.2, 0.25) is 5.91 Å². The van der Waals surface area contributed by atoms with Crippen LogP contribution in [0.2, 0.25) is 0 Å². The maximum atomic E-state index is 12.2. The number of carbonyl (C=O) groups is 2. The van der Waals surface area contributed by atoms with Crippen LogP contribution in [0.25, 0.3) is 0 Å². The standard InChI is InChI=1S/C16H21N3O3/c1-2-3-7-16(18-19-16)8-6-12(20)17-14-11-5-4-10(9-11)13(14)15(21)22/h1,10-11,13-14H,3-9H2,(H,17,20)(H,21,22)/t10-,11+,13+,14-/m1/s1. The van der Waals surface area contributed by atoms with Crippen LogP contribution in [-0.2, 0) is 9.59 Å². The van der Waals surface area contributed by atoms with E-state index < -0.39 is 17.6 Å². The van der Waals surface area contributed by atoms with Gasteiger partial charge in [0.25, 0.3) is 0 Å². The van der Waals surface area contributed by atoms with Crippen molar-refractivity contribution in [3.8, 4) is 12.3 Å². The third-order valence-electron chi connectivity index (χ3n) is 5.33. The smallest absolute Gasteiger partial charge is 0.308 e. The molecule has 0 aromatic rings. The van der Waals surface area contributed by atoms with Crippen LogP contribution in [0.15, 0.2) is 10.2 Å². The molecule has 0 unspecified atom stereocenters. The Bertz CT molecular complexity index is 545. The molecule has 0 aromatic carbocycles. The molecule has 3 rings (SSSR count). The van der Waals surface area contributed by atoms with E-state index in [2.05, 4.69) is 21.5 Å². The summed E-state index contributed by atoms with van der Waals surface area (Å²) in [6, 6.07) is -0.210. The van der Waals surface area contributed by atoms with E-state index in [0.717, 1.165) is 19.3 Å². The molecule has 2 fully saturated rings. The molecule has 0 spiro atoms. The number of carbonyl (C=O) groups excluding carboxylic acids is 1. The molecule has 0 radical (unpaired) electrons. The molecule has 3 aliphatic rings. The lowest BCUT2D eigenvalue weighted by Gasteiger charge is -2.29. The van der Waals surface area contributed by atoms with Crippen molar-refractivity contribution in [3.05, 3.63) is 0 Å². The third kappa shape index (κ3) is 2.85. The number of carboxylic acids is 1. The molecule has 22 heavy (non-hydrogen) atoms. The first-order valence-electron chi connectivity index (χ1n) is 7.94. The van der Waals surface area contributed by atoms with Crippen molar-refractivity contribution in [3.63, 3.8) is 0 Å². The zero-order valence-electron chi connectivity index (χ0n) is 12.5. The normalized spacial score (nSPS) is 33.4. The molecular weight excluding hydrogens is 282 g/mol. The number of hydrogen-bond donors (Lipinski definition) is 2.